The number of nitrogens with one attached hydrogen (secondary N) is 1. The lowest BCUT2D eigenvalue weighted by molar-refractivity contribution is -0.0512. The predicted molar refractivity (Wildman–Crippen MR) is 82.0 cm³/mol. The lowest BCUT2D eigenvalue weighted by Gasteiger charge is -2.20. The lowest BCUT2D eigenvalue weighted by atomic mass is 9.96. The Morgan fingerprint density at radius 2 is 1.91 bits per heavy atom. The number of alkyl halides is 2. The zero-order valence-corrected chi connectivity index (χ0v) is 13.5. The Bertz CT molecular complexity index is 507. The molecular weight excluding hydrogens is 308 g/mol. The van der Waals surface area contributed by atoms with Crippen molar-refractivity contribution in [2.24, 2.45) is 5.92 Å². The van der Waals surface area contributed by atoms with E-state index in [1.54, 1.807) is 0 Å². The van der Waals surface area contributed by atoms with Crippen LogP contribution >= 0.6 is 0 Å². The first-order valence-electron chi connectivity index (χ1n) is 7.51. The van der Waals surface area contributed by atoms with Gasteiger partial charge in [-0.3, -0.25) is 4.79 Å². The van der Waals surface area contributed by atoms with Crippen LogP contribution in [0.2, 0.25) is 0 Å². The van der Waals surface area contributed by atoms with Crippen molar-refractivity contribution in [2.45, 2.75) is 39.4 Å². The molecule has 7 heteroatoms. The maximum Gasteiger partial charge on any atom is 0.387 e. The van der Waals surface area contributed by atoms with E-state index in [1.807, 2.05) is 13.8 Å². The van der Waals surface area contributed by atoms with Crippen molar-refractivity contribution in [3.05, 3.63) is 23.8 Å². The van der Waals surface area contributed by atoms with Gasteiger partial charge in [-0.2, -0.15) is 8.78 Å². The third-order valence-corrected chi connectivity index (χ3v) is 3.71. The van der Waals surface area contributed by atoms with Crippen LogP contribution in [-0.2, 0) is 0 Å². The summed E-state index contributed by atoms with van der Waals surface area (Å²) in [4.78, 5) is 12.1. The maximum absolute atomic E-state index is 12.4. The van der Waals surface area contributed by atoms with Crippen molar-refractivity contribution in [1.29, 1.82) is 0 Å². The van der Waals surface area contributed by atoms with Crippen LogP contribution in [0.5, 0.6) is 11.5 Å². The van der Waals surface area contributed by atoms with Gasteiger partial charge in [0.2, 0.25) is 0 Å². The molecule has 1 rings (SSSR count). The molecule has 1 amide bonds. The van der Waals surface area contributed by atoms with Crippen molar-refractivity contribution < 1.29 is 28.2 Å². The fraction of sp³-hybridized carbons (Fsp3) is 0.562. The summed E-state index contributed by atoms with van der Waals surface area (Å²) in [5, 5.41) is 12.6. The molecule has 0 aromatic heterocycles. The van der Waals surface area contributed by atoms with Gasteiger partial charge in [0, 0.05) is 12.1 Å². The zero-order valence-electron chi connectivity index (χ0n) is 13.5. The van der Waals surface area contributed by atoms with Gasteiger partial charge < -0.3 is 19.9 Å². The molecule has 23 heavy (non-hydrogen) atoms. The largest absolute Gasteiger partial charge is 0.493 e. The molecule has 1 aromatic carbocycles. The normalized spacial score (nSPS) is 12.3. The number of methoxy groups -OCH3 is 1. The molecule has 0 aliphatic heterocycles. The van der Waals surface area contributed by atoms with Crippen LogP contribution in [-0.4, -0.2) is 37.4 Å². The standard InChI is InChI=1S/C16H23F2NO4/c1-4-10(5-2)12(20)9-19-15(21)11-6-7-13(22-3)14(8-11)23-16(17)18/h6-8,10,12,16,20H,4-5,9H2,1-3H3,(H,19,21)/t12-/m1/s1. The Kier molecular flexibility index (Phi) is 7.74. The lowest BCUT2D eigenvalue weighted by Crippen LogP contribution is -2.36. The first-order valence-corrected chi connectivity index (χ1v) is 7.51. The summed E-state index contributed by atoms with van der Waals surface area (Å²) >= 11 is 0. The van der Waals surface area contributed by atoms with Crippen molar-refractivity contribution >= 4 is 5.91 Å². The number of carbonyl (C=O) groups is 1. The van der Waals surface area contributed by atoms with Crippen LogP contribution in [0.4, 0.5) is 8.78 Å². The molecule has 5 nitrogen and oxygen atoms in total. The Labute approximate surface area is 134 Å². The second-order valence-corrected chi connectivity index (χ2v) is 5.10. The third kappa shape index (κ3) is 5.67. The van der Waals surface area contributed by atoms with E-state index in [2.05, 4.69) is 10.1 Å². The number of ether oxygens (including phenoxy) is 2. The molecule has 0 saturated carbocycles. The van der Waals surface area contributed by atoms with Gasteiger partial charge in [-0.25, -0.2) is 0 Å². The van der Waals surface area contributed by atoms with Crippen LogP contribution in [0.25, 0.3) is 0 Å². The van der Waals surface area contributed by atoms with Gasteiger partial charge in [0.15, 0.2) is 11.5 Å². The highest BCUT2D eigenvalue weighted by Crippen LogP contribution is 2.29. The van der Waals surface area contributed by atoms with Crippen LogP contribution in [0.15, 0.2) is 18.2 Å². The summed E-state index contributed by atoms with van der Waals surface area (Å²) in [6, 6.07) is 4.00. The van der Waals surface area contributed by atoms with Crippen molar-refractivity contribution in [1.82, 2.24) is 5.32 Å². The molecule has 0 aliphatic rings. The SMILES string of the molecule is CCC(CC)[C@H](O)CNC(=O)c1ccc(OC)c(OC(F)F)c1. The van der Waals surface area contributed by atoms with E-state index in [1.165, 1.54) is 25.3 Å². The number of benzene rings is 1. The molecule has 1 aromatic rings. The minimum atomic E-state index is -3.01. The van der Waals surface area contributed by atoms with E-state index in [4.69, 9.17) is 4.74 Å². The molecule has 2 N–H and O–H groups in total. The number of halogens is 2. The van der Waals surface area contributed by atoms with Gasteiger partial charge in [-0.05, 0) is 24.1 Å². The van der Waals surface area contributed by atoms with Crippen LogP contribution in [0, 0.1) is 5.92 Å². The molecule has 0 fully saturated rings. The van der Waals surface area contributed by atoms with Gasteiger partial charge >= 0.3 is 6.61 Å². The zero-order chi connectivity index (χ0) is 17.4. The van der Waals surface area contributed by atoms with E-state index in [-0.39, 0.29) is 29.5 Å². The highest BCUT2D eigenvalue weighted by Gasteiger charge is 2.18. The van der Waals surface area contributed by atoms with Gasteiger partial charge in [-0.15, -0.1) is 0 Å². The Balaban J connectivity index is 2.76. The topological polar surface area (TPSA) is 67.8 Å². The molecule has 0 heterocycles. The monoisotopic (exact) mass is 331 g/mol. The van der Waals surface area contributed by atoms with Crippen LogP contribution in [0.1, 0.15) is 37.0 Å². The van der Waals surface area contributed by atoms with E-state index >= 15 is 0 Å². The maximum atomic E-state index is 12.4. The molecule has 130 valence electrons. The number of rotatable bonds is 9. The molecular formula is C16H23F2NO4. The van der Waals surface area contributed by atoms with Crippen molar-refractivity contribution in [3.63, 3.8) is 0 Å². The second-order valence-electron chi connectivity index (χ2n) is 5.10. The molecule has 0 spiro atoms. The van der Waals surface area contributed by atoms with Gasteiger partial charge in [0.25, 0.3) is 5.91 Å². The molecule has 0 bridgehead atoms. The summed E-state index contributed by atoms with van der Waals surface area (Å²) in [7, 11) is 1.32. The first kappa shape index (κ1) is 19.2. The molecule has 0 unspecified atom stereocenters. The molecule has 1 atom stereocenters. The second kappa shape index (κ2) is 9.29. The summed E-state index contributed by atoms with van der Waals surface area (Å²) in [6.07, 6.45) is 0.967. The van der Waals surface area contributed by atoms with E-state index in [9.17, 15) is 18.7 Å². The van der Waals surface area contributed by atoms with Crippen molar-refractivity contribution in [2.75, 3.05) is 13.7 Å². The Hall–Kier alpha value is -1.89. The number of aliphatic hydroxyl groups excluding tert-OH is 1. The third-order valence-electron chi connectivity index (χ3n) is 3.71. The average Bonchev–Trinajstić information content (AvgIpc) is 2.53. The van der Waals surface area contributed by atoms with Crippen LogP contribution in [0.3, 0.4) is 0 Å². The minimum Gasteiger partial charge on any atom is -0.493 e. The van der Waals surface area contributed by atoms with Gasteiger partial charge in [0.05, 0.1) is 13.2 Å². The summed E-state index contributed by atoms with van der Waals surface area (Å²) < 4.78 is 34.0. The first-order chi connectivity index (χ1) is 10.9. The minimum absolute atomic E-state index is 0.0995. The number of aliphatic hydroxyl groups is 1. The number of hydrogen-bond acceptors (Lipinski definition) is 4. The fourth-order valence-corrected chi connectivity index (χ4v) is 2.30. The van der Waals surface area contributed by atoms with Gasteiger partial charge in [0.1, 0.15) is 0 Å². The Morgan fingerprint density at radius 3 is 2.43 bits per heavy atom. The summed E-state index contributed by atoms with van der Waals surface area (Å²) in [6.45, 7) is 1.02. The Morgan fingerprint density at radius 1 is 1.26 bits per heavy atom. The summed E-state index contributed by atoms with van der Waals surface area (Å²) in [5.74, 6) is -0.477. The van der Waals surface area contributed by atoms with Crippen LogP contribution < -0.4 is 14.8 Å². The highest BCUT2D eigenvalue weighted by atomic mass is 19.3. The summed E-state index contributed by atoms with van der Waals surface area (Å²) in [5.41, 5.74) is 0.151. The highest BCUT2D eigenvalue weighted by molar-refractivity contribution is 5.94. The van der Waals surface area contributed by atoms with E-state index < -0.39 is 18.6 Å². The fourth-order valence-electron chi connectivity index (χ4n) is 2.30. The molecule has 0 saturated heterocycles. The molecule has 0 radical (unpaired) electrons. The molecule has 0 aliphatic carbocycles. The number of hydrogen-bond donors (Lipinski definition) is 2. The number of amides is 1. The average molecular weight is 331 g/mol. The predicted octanol–water partition coefficient (Wildman–Crippen LogP) is 2.82. The smallest absolute Gasteiger partial charge is 0.387 e. The number of carbonyl (C=O) groups excluding carboxylic acids is 1. The van der Waals surface area contributed by atoms with Gasteiger partial charge in [-0.1, -0.05) is 26.7 Å². The van der Waals surface area contributed by atoms with E-state index in [0.29, 0.717) is 0 Å². The van der Waals surface area contributed by atoms with E-state index in [0.717, 1.165) is 12.8 Å². The quantitative estimate of drug-likeness (QED) is 0.730. The van der Waals surface area contributed by atoms with Crippen molar-refractivity contribution in [3.8, 4) is 11.5 Å².